The fourth-order valence-corrected chi connectivity index (χ4v) is 3.14. The summed E-state index contributed by atoms with van der Waals surface area (Å²) < 4.78 is 10.5. The predicted molar refractivity (Wildman–Crippen MR) is 97.1 cm³/mol. The number of urea groups is 1. The van der Waals surface area contributed by atoms with Gasteiger partial charge >= 0.3 is 6.03 Å². The van der Waals surface area contributed by atoms with E-state index < -0.39 is 0 Å². The molecule has 0 saturated carbocycles. The minimum Gasteiger partial charge on any atom is -0.493 e. The van der Waals surface area contributed by atoms with Gasteiger partial charge in [0.05, 0.1) is 14.2 Å². The highest BCUT2D eigenvalue weighted by Gasteiger charge is 2.21. The summed E-state index contributed by atoms with van der Waals surface area (Å²) in [5.41, 5.74) is 2.08. The summed E-state index contributed by atoms with van der Waals surface area (Å²) in [5, 5.41) is 9.96. The third kappa shape index (κ3) is 4.64. The lowest BCUT2D eigenvalue weighted by atomic mass is 9.87. The molecule has 0 fully saturated rings. The first kappa shape index (κ1) is 18.1. The van der Waals surface area contributed by atoms with Crippen molar-refractivity contribution >= 4 is 17.4 Å². The van der Waals surface area contributed by atoms with Gasteiger partial charge in [0.15, 0.2) is 11.5 Å². The molecule has 0 unspecified atom stereocenters. The summed E-state index contributed by atoms with van der Waals surface area (Å²) in [5.74, 6) is 1.32. The van der Waals surface area contributed by atoms with Crippen molar-refractivity contribution in [2.24, 2.45) is 0 Å². The first-order valence-electron chi connectivity index (χ1n) is 7.71. The van der Waals surface area contributed by atoms with E-state index in [0.29, 0.717) is 24.6 Å². The lowest BCUT2D eigenvalue weighted by molar-refractivity contribution is 0.238. The Kier molecular flexibility index (Phi) is 6.09. The van der Waals surface area contributed by atoms with Gasteiger partial charge in [-0.05, 0) is 40.1 Å². The lowest BCUT2D eigenvalue weighted by Crippen LogP contribution is -2.41. The van der Waals surface area contributed by atoms with E-state index in [1.807, 2.05) is 23.6 Å². The van der Waals surface area contributed by atoms with Crippen molar-refractivity contribution in [1.29, 1.82) is 0 Å². The average Bonchev–Trinajstić information content (AvgIpc) is 3.13. The van der Waals surface area contributed by atoms with Gasteiger partial charge in [-0.15, -0.1) is 0 Å². The maximum Gasteiger partial charge on any atom is 0.315 e. The van der Waals surface area contributed by atoms with Crippen molar-refractivity contribution < 1.29 is 14.3 Å². The van der Waals surface area contributed by atoms with Gasteiger partial charge in [-0.25, -0.2) is 4.79 Å². The molecule has 130 valence electrons. The number of carbonyl (C=O) groups excluding carboxylic acids is 1. The summed E-state index contributed by atoms with van der Waals surface area (Å²) in [6.07, 6.45) is 0. The summed E-state index contributed by atoms with van der Waals surface area (Å²) in [7, 11) is 3.19. The minimum atomic E-state index is -0.187. The molecule has 2 aromatic rings. The van der Waals surface area contributed by atoms with Gasteiger partial charge in [0.2, 0.25) is 0 Å². The van der Waals surface area contributed by atoms with Crippen molar-refractivity contribution in [3.63, 3.8) is 0 Å². The smallest absolute Gasteiger partial charge is 0.315 e. The molecule has 0 spiro atoms. The third-order valence-electron chi connectivity index (χ3n) is 3.89. The van der Waals surface area contributed by atoms with E-state index in [4.69, 9.17) is 9.47 Å². The topological polar surface area (TPSA) is 59.6 Å². The monoisotopic (exact) mass is 348 g/mol. The maximum absolute atomic E-state index is 12.0. The van der Waals surface area contributed by atoms with Crippen molar-refractivity contribution in [2.45, 2.75) is 25.8 Å². The molecule has 6 heteroatoms. The Morgan fingerprint density at radius 2 is 1.88 bits per heavy atom. The van der Waals surface area contributed by atoms with Crippen LogP contribution in [0.15, 0.2) is 35.0 Å². The lowest BCUT2D eigenvalue weighted by Gasteiger charge is -2.24. The number of methoxy groups -OCH3 is 2. The second-order valence-electron chi connectivity index (χ2n) is 6.12. The second kappa shape index (κ2) is 8.06. The van der Waals surface area contributed by atoms with Crippen molar-refractivity contribution in [3.8, 4) is 11.5 Å². The van der Waals surface area contributed by atoms with E-state index >= 15 is 0 Å². The number of carbonyl (C=O) groups is 1. The van der Waals surface area contributed by atoms with Crippen LogP contribution in [0.1, 0.15) is 25.0 Å². The average molecular weight is 348 g/mol. The zero-order valence-corrected chi connectivity index (χ0v) is 15.3. The number of benzene rings is 1. The summed E-state index contributed by atoms with van der Waals surface area (Å²) in [6, 6.07) is 7.49. The molecular formula is C18H24N2O3S. The molecule has 5 nitrogen and oxygen atoms in total. The summed E-state index contributed by atoms with van der Waals surface area (Å²) in [6.45, 7) is 5.22. The number of hydrogen-bond acceptors (Lipinski definition) is 4. The Balaban J connectivity index is 1.85. The predicted octanol–water partition coefficient (Wildman–Crippen LogP) is 3.54. The normalized spacial score (nSPS) is 11.0. The number of amides is 2. The molecule has 2 N–H and O–H groups in total. The van der Waals surface area contributed by atoms with Crippen LogP contribution in [0.4, 0.5) is 4.79 Å². The summed E-state index contributed by atoms with van der Waals surface area (Å²) in [4.78, 5) is 12.0. The Bertz CT molecular complexity index is 669. The van der Waals surface area contributed by atoms with Gasteiger partial charge < -0.3 is 20.1 Å². The van der Waals surface area contributed by atoms with E-state index in [2.05, 4.69) is 35.9 Å². The van der Waals surface area contributed by atoms with Crippen LogP contribution in [0, 0.1) is 0 Å². The van der Waals surface area contributed by atoms with Crippen molar-refractivity contribution in [1.82, 2.24) is 10.6 Å². The quantitative estimate of drug-likeness (QED) is 0.804. The van der Waals surface area contributed by atoms with Gasteiger partial charge in [0.25, 0.3) is 0 Å². The first-order chi connectivity index (χ1) is 11.5. The molecule has 2 amide bonds. The van der Waals surface area contributed by atoms with Gasteiger partial charge in [-0.2, -0.15) is 11.3 Å². The van der Waals surface area contributed by atoms with Crippen molar-refractivity contribution in [3.05, 3.63) is 46.2 Å². The van der Waals surface area contributed by atoms with Gasteiger partial charge in [-0.3, -0.25) is 0 Å². The molecule has 1 heterocycles. The highest BCUT2D eigenvalue weighted by molar-refractivity contribution is 7.08. The molecule has 0 saturated heterocycles. The van der Waals surface area contributed by atoms with Crippen LogP contribution in [-0.2, 0) is 12.0 Å². The molecular weight excluding hydrogens is 324 g/mol. The Morgan fingerprint density at radius 3 is 2.50 bits per heavy atom. The van der Waals surface area contributed by atoms with E-state index in [1.165, 1.54) is 5.56 Å². The zero-order valence-electron chi connectivity index (χ0n) is 14.5. The second-order valence-corrected chi connectivity index (χ2v) is 6.90. The number of nitrogens with one attached hydrogen (secondary N) is 2. The zero-order chi connectivity index (χ0) is 17.6. The fourth-order valence-electron chi connectivity index (χ4n) is 2.29. The molecule has 0 bridgehead atoms. The Labute approximate surface area is 147 Å². The third-order valence-corrected chi connectivity index (χ3v) is 4.58. The molecule has 0 radical (unpaired) electrons. The number of rotatable bonds is 7. The Hall–Kier alpha value is -2.21. The van der Waals surface area contributed by atoms with Crippen LogP contribution >= 0.6 is 11.3 Å². The molecule has 2 rings (SSSR count). The van der Waals surface area contributed by atoms with Gasteiger partial charge in [-0.1, -0.05) is 19.9 Å². The summed E-state index contributed by atoms with van der Waals surface area (Å²) >= 11 is 1.66. The molecule has 0 aliphatic carbocycles. The number of ether oxygens (including phenoxy) is 2. The van der Waals surface area contributed by atoms with E-state index in [1.54, 1.807) is 25.6 Å². The van der Waals surface area contributed by atoms with Crippen LogP contribution in [-0.4, -0.2) is 26.8 Å². The minimum absolute atomic E-state index is 0.0966. The highest BCUT2D eigenvalue weighted by atomic mass is 32.1. The number of hydrogen-bond donors (Lipinski definition) is 2. The number of thiophene rings is 1. The van der Waals surface area contributed by atoms with Crippen LogP contribution in [0.3, 0.4) is 0 Å². The molecule has 1 aromatic carbocycles. The van der Waals surface area contributed by atoms with Crippen molar-refractivity contribution in [2.75, 3.05) is 20.8 Å². The standard InChI is InChI=1S/C18H24N2O3S/c1-18(2,14-7-8-24-11-14)12-20-17(21)19-10-13-5-6-15(22-3)16(9-13)23-4/h5-9,11H,10,12H2,1-4H3,(H2,19,20,21). The maximum atomic E-state index is 12.0. The van der Waals surface area contributed by atoms with Crippen LogP contribution in [0.25, 0.3) is 0 Å². The van der Waals surface area contributed by atoms with Crippen LogP contribution in [0.2, 0.25) is 0 Å². The molecule has 0 aliphatic rings. The van der Waals surface area contributed by atoms with E-state index in [-0.39, 0.29) is 11.4 Å². The Morgan fingerprint density at radius 1 is 1.12 bits per heavy atom. The van der Waals surface area contributed by atoms with E-state index in [9.17, 15) is 4.79 Å². The largest absolute Gasteiger partial charge is 0.493 e. The highest BCUT2D eigenvalue weighted by Crippen LogP contribution is 2.27. The molecule has 1 aromatic heterocycles. The van der Waals surface area contributed by atoms with Gasteiger partial charge in [0.1, 0.15) is 0 Å². The molecule has 0 aliphatic heterocycles. The molecule has 24 heavy (non-hydrogen) atoms. The van der Waals surface area contributed by atoms with E-state index in [0.717, 1.165) is 5.56 Å². The van der Waals surface area contributed by atoms with Gasteiger partial charge in [0, 0.05) is 18.5 Å². The first-order valence-corrected chi connectivity index (χ1v) is 8.66. The molecule has 0 atom stereocenters. The SMILES string of the molecule is COc1ccc(CNC(=O)NCC(C)(C)c2ccsc2)cc1OC. The fraction of sp³-hybridized carbons (Fsp3) is 0.389. The van der Waals surface area contributed by atoms with Crippen LogP contribution < -0.4 is 20.1 Å². The van der Waals surface area contributed by atoms with Crippen LogP contribution in [0.5, 0.6) is 11.5 Å².